The third-order valence-corrected chi connectivity index (χ3v) is 5.75. The van der Waals surface area contributed by atoms with Crippen LogP contribution in [0.1, 0.15) is 24.8 Å². The third-order valence-electron chi connectivity index (χ3n) is 4.38. The maximum absolute atomic E-state index is 12.7. The van der Waals surface area contributed by atoms with Gasteiger partial charge in [-0.1, -0.05) is 5.11 Å². The predicted octanol–water partition coefficient (Wildman–Crippen LogP) is 3.14. The lowest BCUT2D eigenvalue weighted by molar-refractivity contribution is -0.384. The molecule has 3 rings (SSSR count). The molecule has 0 bridgehead atoms. The number of carbonyl (C=O) groups excluding carboxylic acids is 2. The molecule has 1 saturated heterocycles. The van der Waals surface area contributed by atoms with Crippen LogP contribution in [0.25, 0.3) is 10.4 Å². The summed E-state index contributed by atoms with van der Waals surface area (Å²) in [7, 11) is 0. The van der Waals surface area contributed by atoms with E-state index in [4.69, 9.17) is 15.5 Å². The van der Waals surface area contributed by atoms with Crippen LogP contribution >= 0.6 is 11.8 Å². The summed E-state index contributed by atoms with van der Waals surface area (Å²) >= 11 is 1.26. The zero-order valence-electron chi connectivity index (χ0n) is 14.9. The summed E-state index contributed by atoms with van der Waals surface area (Å²) in [6.07, 6.45) is 0.600. The lowest BCUT2D eigenvalue weighted by Crippen LogP contribution is -2.48. The van der Waals surface area contributed by atoms with Crippen molar-refractivity contribution in [1.82, 2.24) is 4.90 Å². The highest BCUT2D eigenvalue weighted by Crippen LogP contribution is 2.48. The molecule has 12 heteroatoms. The Morgan fingerprint density at radius 3 is 2.83 bits per heavy atom. The summed E-state index contributed by atoms with van der Waals surface area (Å²) in [6.45, 7) is -0.144. The van der Waals surface area contributed by atoms with Crippen molar-refractivity contribution >= 4 is 29.3 Å². The number of hydrogen-bond donors (Lipinski definition) is 0. The molecule has 1 unspecified atom stereocenters. The first-order valence-corrected chi connectivity index (χ1v) is 9.38. The molecule has 148 valence electrons. The molecular formula is C17H14N6O5S. The quantitative estimate of drug-likeness (QED) is 0.120. The topological polar surface area (TPSA) is 162 Å². The molecule has 2 aliphatic heterocycles. The van der Waals surface area contributed by atoms with Gasteiger partial charge in [-0.25, -0.2) is 4.79 Å². The zero-order chi connectivity index (χ0) is 21.0. The van der Waals surface area contributed by atoms with Crippen LogP contribution in [0.4, 0.5) is 5.69 Å². The average molecular weight is 414 g/mol. The number of rotatable bonds is 8. The van der Waals surface area contributed by atoms with Gasteiger partial charge in [-0.2, -0.15) is 5.26 Å². The van der Waals surface area contributed by atoms with Gasteiger partial charge in [0, 0.05) is 28.4 Å². The maximum atomic E-state index is 12.7. The number of ether oxygens (including phenoxy) is 1. The van der Waals surface area contributed by atoms with Gasteiger partial charge in [0.2, 0.25) is 5.91 Å². The summed E-state index contributed by atoms with van der Waals surface area (Å²) in [6, 6.07) is 6.76. The van der Waals surface area contributed by atoms with Crippen molar-refractivity contribution in [2.75, 3.05) is 0 Å². The van der Waals surface area contributed by atoms with Gasteiger partial charge in [0.1, 0.15) is 12.3 Å². The minimum absolute atomic E-state index is 0.0356. The molecule has 0 aliphatic carbocycles. The van der Waals surface area contributed by atoms with Crippen LogP contribution in [0.15, 0.2) is 40.0 Å². The first-order chi connectivity index (χ1) is 14.0. The van der Waals surface area contributed by atoms with E-state index in [1.54, 1.807) is 0 Å². The normalized spacial score (nSPS) is 18.2. The Morgan fingerprint density at radius 1 is 1.52 bits per heavy atom. The van der Waals surface area contributed by atoms with Crippen LogP contribution in [0.2, 0.25) is 0 Å². The lowest BCUT2D eigenvalue weighted by Gasteiger charge is -2.34. The number of fused-ring (bicyclic) bond motifs is 1. The largest absolute Gasteiger partial charge is 0.456 e. The summed E-state index contributed by atoms with van der Waals surface area (Å²) in [5, 5.41) is 23.0. The van der Waals surface area contributed by atoms with Gasteiger partial charge in [0.05, 0.1) is 28.8 Å². The van der Waals surface area contributed by atoms with Crippen molar-refractivity contribution in [1.29, 1.82) is 5.26 Å². The first-order valence-electron chi connectivity index (χ1n) is 8.50. The molecule has 11 nitrogen and oxygen atoms in total. The van der Waals surface area contributed by atoms with Gasteiger partial charge >= 0.3 is 5.97 Å². The van der Waals surface area contributed by atoms with Gasteiger partial charge < -0.3 is 4.74 Å². The van der Waals surface area contributed by atoms with E-state index >= 15 is 0 Å². The average Bonchev–Trinajstić information content (AvgIpc) is 3.02. The van der Waals surface area contributed by atoms with Gasteiger partial charge in [0.15, 0.2) is 0 Å². The van der Waals surface area contributed by atoms with Crippen molar-refractivity contribution in [3.8, 4) is 6.07 Å². The number of β-lactam (4-membered cyclic amide) rings is 1. The SMILES string of the molecule is N#CCCC(N=[N+]=[N-])C1=C(C(=O)OCc2ccc([N+](=O)[O-])cc2)N2C(=O)C[C@H]2S1. The molecule has 0 spiro atoms. The van der Waals surface area contributed by atoms with E-state index in [-0.39, 0.29) is 48.5 Å². The molecule has 0 aromatic heterocycles. The predicted molar refractivity (Wildman–Crippen MR) is 101 cm³/mol. The minimum Gasteiger partial charge on any atom is -0.456 e. The monoisotopic (exact) mass is 414 g/mol. The molecule has 2 atom stereocenters. The summed E-state index contributed by atoms with van der Waals surface area (Å²) in [4.78, 5) is 39.4. The number of non-ortho nitro benzene ring substituents is 1. The highest BCUT2D eigenvalue weighted by molar-refractivity contribution is 8.04. The van der Waals surface area contributed by atoms with Gasteiger partial charge in [-0.05, 0) is 29.6 Å². The fourth-order valence-electron chi connectivity index (χ4n) is 2.94. The molecule has 0 radical (unpaired) electrons. The van der Waals surface area contributed by atoms with Gasteiger partial charge in [0.25, 0.3) is 5.69 Å². The van der Waals surface area contributed by atoms with E-state index in [9.17, 15) is 19.7 Å². The minimum atomic E-state index is -0.753. The molecule has 0 saturated carbocycles. The Morgan fingerprint density at radius 2 is 2.24 bits per heavy atom. The van der Waals surface area contributed by atoms with Gasteiger partial charge in [-0.15, -0.1) is 11.8 Å². The van der Waals surface area contributed by atoms with Crippen molar-refractivity contribution in [3.63, 3.8) is 0 Å². The number of benzene rings is 1. The van der Waals surface area contributed by atoms with Crippen molar-refractivity contribution in [2.24, 2.45) is 5.11 Å². The number of carbonyl (C=O) groups is 2. The molecule has 0 N–H and O–H groups in total. The van der Waals surface area contributed by atoms with Crippen molar-refractivity contribution in [3.05, 3.63) is 61.0 Å². The Labute approximate surface area is 168 Å². The van der Waals surface area contributed by atoms with Crippen LogP contribution in [-0.2, 0) is 20.9 Å². The second kappa shape index (κ2) is 8.64. The first kappa shape index (κ1) is 20.2. The second-order valence-corrected chi connectivity index (χ2v) is 7.39. The van der Waals surface area contributed by atoms with E-state index in [1.165, 1.54) is 40.9 Å². The summed E-state index contributed by atoms with van der Waals surface area (Å²) in [5.41, 5.74) is 9.33. The number of hydrogen-bond acceptors (Lipinski definition) is 8. The van der Waals surface area contributed by atoms with Crippen LogP contribution in [0.5, 0.6) is 0 Å². The number of nitriles is 1. The number of thioether (sulfide) groups is 1. The van der Waals surface area contributed by atoms with Gasteiger partial charge in [-0.3, -0.25) is 19.8 Å². The number of nitrogens with zero attached hydrogens (tertiary/aromatic N) is 6. The zero-order valence-corrected chi connectivity index (χ0v) is 15.7. The molecule has 1 amide bonds. The fraction of sp³-hybridized carbons (Fsp3) is 0.353. The molecule has 1 aromatic rings. The Bertz CT molecular complexity index is 979. The Kier molecular flexibility index (Phi) is 6.01. The van der Waals surface area contributed by atoms with E-state index in [1.807, 2.05) is 6.07 Å². The molecule has 1 aromatic carbocycles. The molecule has 2 heterocycles. The van der Waals surface area contributed by atoms with Crippen molar-refractivity contribution < 1.29 is 19.2 Å². The van der Waals surface area contributed by atoms with E-state index in [0.717, 1.165) is 0 Å². The smallest absolute Gasteiger partial charge is 0.356 e. The van der Waals surface area contributed by atoms with Crippen LogP contribution in [-0.4, -0.2) is 33.1 Å². The number of esters is 1. The molecule has 2 aliphatic rings. The standard InChI is InChI=1S/C17H14N6O5S/c18-7-1-2-12(20-21-19)16-15(22-13(24)8-14(22)29-16)17(25)28-9-10-3-5-11(6-4-10)23(26)27/h3-6,12,14H,1-2,8-9H2/t12?,14-/m1/s1. The number of azide groups is 1. The molecular weight excluding hydrogens is 400 g/mol. The summed E-state index contributed by atoms with van der Waals surface area (Å²) < 4.78 is 5.30. The van der Waals surface area contributed by atoms with E-state index < -0.39 is 16.9 Å². The lowest BCUT2D eigenvalue weighted by atomic mass is 10.1. The molecule has 1 fully saturated rings. The number of amides is 1. The van der Waals surface area contributed by atoms with E-state index in [0.29, 0.717) is 10.5 Å². The highest BCUT2D eigenvalue weighted by Gasteiger charge is 2.50. The number of nitro benzene ring substituents is 1. The van der Waals surface area contributed by atoms with Crippen LogP contribution in [0.3, 0.4) is 0 Å². The number of nitro groups is 1. The Balaban J connectivity index is 1.80. The second-order valence-electron chi connectivity index (χ2n) is 6.17. The highest BCUT2D eigenvalue weighted by atomic mass is 32.2. The molecule has 29 heavy (non-hydrogen) atoms. The van der Waals surface area contributed by atoms with E-state index in [2.05, 4.69) is 10.0 Å². The third kappa shape index (κ3) is 4.16. The van der Waals surface area contributed by atoms with Crippen LogP contribution < -0.4 is 0 Å². The summed E-state index contributed by atoms with van der Waals surface area (Å²) in [5.74, 6) is -0.990. The Hall–Kier alpha value is -3.55. The van der Waals surface area contributed by atoms with Crippen molar-refractivity contribution in [2.45, 2.75) is 37.3 Å². The fourth-order valence-corrected chi connectivity index (χ4v) is 4.41. The maximum Gasteiger partial charge on any atom is 0.356 e. The van der Waals surface area contributed by atoms with Crippen LogP contribution in [0, 0.1) is 21.4 Å².